The van der Waals surface area contributed by atoms with Crippen molar-refractivity contribution < 1.29 is 14.6 Å². The van der Waals surface area contributed by atoms with Crippen molar-refractivity contribution in [3.05, 3.63) is 47.5 Å². The molecule has 0 atom stereocenters. The summed E-state index contributed by atoms with van der Waals surface area (Å²) in [5, 5.41) is 9.09. The van der Waals surface area contributed by atoms with Crippen LogP contribution in [0.15, 0.2) is 36.4 Å². The Balaban J connectivity index is 2.48. The molecule has 2 aromatic rings. The second-order valence-corrected chi connectivity index (χ2v) is 4.56. The number of rotatable bonds is 4. The van der Waals surface area contributed by atoms with E-state index < -0.39 is 5.97 Å². The summed E-state index contributed by atoms with van der Waals surface area (Å²) in [5.74, 6) is -0.182. The molecule has 0 fully saturated rings. The van der Waals surface area contributed by atoms with Gasteiger partial charge >= 0.3 is 5.97 Å². The van der Waals surface area contributed by atoms with E-state index in [2.05, 4.69) is 0 Å². The van der Waals surface area contributed by atoms with Crippen LogP contribution in [-0.2, 0) is 0 Å². The van der Waals surface area contributed by atoms with E-state index in [-0.39, 0.29) is 5.56 Å². The molecule has 104 valence electrons. The molecule has 0 aliphatic carbocycles. The molecule has 20 heavy (non-hydrogen) atoms. The lowest BCUT2D eigenvalue weighted by atomic mass is 9.98. The molecule has 0 saturated heterocycles. The Kier molecular flexibility index (Phi) is 3.94. The predicted octanol–water partition coefficient (Wildman–Crippen LogP) is 3.34. The van der Waals surface area contributed by atoms with Gasteiger partial charge in [-0.1, -0.05) is 6.07 Å². The quantitative estimate of drug-likeness (QED) is 0.836. The van der Waals surface area contributed by atoms with Crippen molar-refractivity contribution in [2.45, 2.75) is 13.8 Å². The summed E-state index contributed by atoms with van der Waals surface area (Å²) in [7, 11) is 0. The van der Waals surface area contributed by atoms with Gasteiger partial charge in [-0.05, 0) is 60.9 Å². The molecule has 0 aliphatic heterocycles. The van der Waals surface area contributed by atoms with Crippen molar-refractivity contribution in [2.24, 2.45) is 0 Å². The van der Waals surface area contributed by atoms with Crippen LogP contribution in [-0.4, -0.2) is 17.7 Å². The normalized spacial score (nSPS) is 10.3. The van der Waals surface area contributed by atoms with Gasteiger partial charge in [0, 0.05) is 5.69 Å². The number of benzene rings is 2. The Morgan fingerprint density at radius 1 is 1.25 bits per heavy atom. The van der Waals surface area contributed by atoms with Gasteiger partial charge in [0.05, 0.1) is 12.2 Å². The average Bonchev–Trinajstić information content (AvgIpc) is 2.38. The van der Waals surface area contributed by atoms with Crippen LogP contribution in [0.2, 0.25) is 0 Å². The van der Waals surface area contributed by atoms with Crippen molar-refractivity contribution in [3.8, 4) is 16.9 Å². The number of carboxylic acids is 1. The predicted molar refractivity (Wildman–Crippen MR) is 79.2 cm³/mol. The first-order valence-electron chi connectivity index (χ1n) is 6.39. The average molecular weight is 271 g/mol. The van der Waals surface area contributed by atoms with E-state index in [0.717, 1.165) is 22.4 Å². The minimum Gasteiger partial charge on any atom is -0.494 e. The Bertz CT molecular complexity index is 650. The highest BCUT2D eigenvalue weighted by Crippen LogP contribution is 2.29. The van der Waals surface area contributed by atoms with Crippen LogP contribution in [0.25, 0.3) is 11.1 Å². The van der Waals surface area contributed by atoms with E-state index in [1.165, 1.54) is 6.07 Å². The number of aryl methyl sites for hydroxylation is 1. The summed E-state index contributed by atoms with van der Waals surface area (Å²) in [4.78, 5) is 11.1. The summed E-state index contributed by atoms with van der Waals surface area (Å²) >= 11 is 0. The molecule has 0 aromatic heterocycles. The van der Waals surface area contributed by atoms with Crippen molar-refractivity contribution in [2.75, 3.05) is 12.3 Å². The van der Waals surface area contributed by atoms with Gasteiger partial charge in [-0.15, -0.1) is 0 Å². The molecule has 2 aromatic carbocycles. The maximum absolute atomic E-state index is 11.1. The standard InChI is InChI=1S/C16H17NO3/c1-3-20-14-4-5-15(10(2)6-14)11-7-12(16(18)19)9-13(17)8-11/h4-9H,3,17H2,1-2H3,(H,18,19). The number of hydrogen-bond acceptors (Lipinski definition) is 3. The van der Waals surface area contributed by atoms with Gasteiger partial charge in [-0.2, -0.15) is 0 Å². The molecular formula is C16H17NO3. The summed E-state index contributed by atoms with van der Waals surface area (Å²) < 4.78 is 5.44. The van der Waals surface area contributed by atoms with E-state index in [9.17, 15) is 4.79 Å². The zero-order chi connectivity index (χ0) is 14.7. The highest BCUT2D eigenvalue weighted by molar-refractivity contribution is 5.91. The molecule has 0 unspecified atom stereocenters. The summed E-state index contributed by atoms with van der Waals surface area (Å²) in [6.07, 6.45) is 0. The van der Waals surface area contributed by atoms with Gasteiger partial charge in [-0.25, -0.2) is 4.79 Å². The molecule has 0 spiro atoms. The summed E-state index contributed by atoms with van der Waals surface area (Å²) in [6, 6.07) is 10.6. The molecule has 0 heterocycles. The Hall–Kier alpha value is -2.49. The van der Waals surface area contributed by atoms with Crippen LogP contribution in [0.5, 0.6) is 5.75 Å². The number of nitrogens with two attached hydrogens (primary N) is 1. The van der Waals surface area contributed by atoms with E-state index in [4.69, 9.17) is 15.6 Å². The van der Waals surface area contributed by atoms with Crippen molar-refractivity contribution in [1.82, 2.24) is 0 Å². The van der Waals surface area contributed by atoms with Gasteiger partial charge in [0.15, 0.2) is 0 Å². The van der Waals surface area contributed by atoms with Crippen LogP contribution < -0.4 is 10.5 Å². The fraction of sp³-hybridized carbons (Fsp3) is 0.188. The third-order valence-electron chi connectivity index (χ3n) is 3.02. The second kappa shape index (κ2) is 5.65. The smallest absolute Gasteiger partial charge is 0.335 e. The molecule has 0 amide bonds. The largest absolute Gasteiger partial charge is 0.494 e. The summed E-state index contributed by atoms with van der Waals surface area (Å²) in [6.45, 7) is 4.50. The molecule has 4 heteroatoms. The SMILES string of the molecule is CCOc1ccc(-c2cc(N)cc(C(=O)O)c2)c(C)c1. The first kappa shape index (κ1) is 13.9. The van der Waals surface area contributed by atoms with Crippen molar-refractivity contribution in [3.63, 3.8) is 0 Å². The third-order valence-corrected chi connectivity index (χ3v) is 3.02. The molecule has 0 radical (unpaired) electrons. The Labute approximate surface area is 117 Å². The number of ether oxygens (including phenoxy) is 1. The molecule has 2 rings (SSSR count). The lowest BCUT2D eigenvalue weighted by molar-refractivity contribution is 0.0697. The Morgan fingerprint density at radius 3 is 2.60 bits per heavy atom. The first-order chi connectivity index (χ1) is 9.51. The lowest BCUT2D eigenvalue weighted by Gasteiger charge is -2.11. The van der Waals surface area contributed by atoms with Gasteiger partial charge in [0.25, 0.3) is 0 Å². The monoisotopic (exact) mass is 271 g/mol. The summed E-state index contributed by atoms with van der Waals surface area (Å²) in [5.41, 5.74) is 9.15. The maximum Gasteiger partial charge on any atom is 0.335 e. The third kappa shape index (κ3) is 2.91. The number of nitrogen functional groups attached to an aromatic ring is 1. The van der Waals surface area contributed by atoms with Crippen LogP contribution in [0, 0.1) is 6.92 Å². The fourth-order valence-corrected chi connectivity index (χ4v) is 2.15. The zero-order valence-corrected chi connectivity index (χ0v) is 11.5. The van der Waals surface area contributed by atoms with Crippen LogP contribution >= 0.6 is 0 Å². The van der Waals surface area contributed by atoms with Crippen LogP contribution in [0.3, 0.4) is 0 Å². The van der Waals surface area contributed by atoms with E-state index in [0.29, 0.717) is 12.3 Å². The minimum atomic E-state index is -0.984. The number of carboxylic acid groups (broad SMARTS) is 1. The number of hydrogen-bond donors (Lipinski definition) is 2. The number of aromatic carboxylic acids is 1. The maximum atomic E-state index is 11.1. The van der Waals surface area contributed by atoms with E-state index >= 15 is 0 Å². The number of carbonyl (C=O) groups is 1. The van der Waals surface area contributed by atoms with E-state index in [1.54, 1.807) is 12.1 Å². The molecule has 0 saturated carbocycles. The fourth-order valence-electron chi connectivity index (χ4n) is 2.15. The minimum absolute atomic E-state index is 0.188. The zero-order valence-electron chi connectivity index (χ0n) is 11.5. The molecule has 0 aliphatic rings. The molecule has 3 N–H and O–H groups in total. The Morgan fingerprint density at radius 2 is 2.00 bits per heavy atom. The van der Waals surface area contributed by atoms with Crippen molar-refractivity contribution in [1.29, 1.82) is 0 Å². The first-order valence-corrected chi connectivity index (χ1v) is 6.39. The lowest BCUT2D eigenvalue weighted by Crippen LogP contribution is -1.99. The van der Waals surface area contributed by atoms with E-state index in [1.807, 2.05) is 32.0 Å². The molecule has 0 bridgehead atoms. The number of anilines is 1. The molecule has 4 nitrogen and oxygen atoms in total. The van der Waals surface area contributed by atoms with Gasteiger partial charge in [-0.3, -0.25) is 0 Å². The van der Waals surface area contributed by atoms with Crippen LogP contribution in [0.1, 0.15) is 22.8 Å². The highest BCUT2D eigenvalue weighted by Gasteiger charge is 2.09. The molecular weight excluding hydrogens is 254 g/mol. The van der Waals surface area contributed by atoms with Gasteiger partial charge in [0.1, 0.15) is 5.75 Å². The van der Waals surface area contributed by atoms with Crippen molar-refractivity contribution >= 4 is 11.7 Å². The van der Waals surface area contributed by atoms with Gasteiger partial charge in [0.2, 0.25) is 0 Å². The topological polar surface area (TPSA) is 72.5 Å². The van der Waals surface area contributed by atoms with Crippen LogP contribution in [0.4, 0.5) is 5.69 Å². The second-order valence-electron chi connectivity index (χ2n) is 4.56. The highest BCUT2D eigenvalue weighted by atomic mass is 16.5. The van der Waals surface area contributed by atoms with Gasteiger partial charge < -0.3 is 15.6 Å².